The molecule has 3 aromatic rings. The zero-order valence-electron chi connectivity index (χ0n) is 15.4. The van der Waals surface area contributed by atoms with Crippen molar-refractivity contribution in [2.45, 2.75) is 39.2 Å². The molecule has 1 fully saturated rings. The van der Waals surface area contributed by atoms with E-state index in [-0.39, 0.29) is 11.9 Å². The number of anilines is 2. The predicted octanol–water partition coefficient (Wildman–Crippen LogP) is 4.41. The summed E-state index contributed by atoms with van der Waals surface area (Å²) in [6, 6.07) is 8.39. The molecule has 1 aromatic carbocycles. The zero-order valence-corrected chi connectivity index (χ0v) is 17.1. The summed E-state index contributed by atoms with van der Waals surface area (Å²) < 4.78 is 0. The van der Waals surface area contributed by atoms with E-state index in [1.54, 1.807) is 28.9 Å². The Hall–Kier alpha value is -2.25. The second-order valence-electron chi connectivity index (χ2n) is 6.85. The van der Waals surface area contributed by atoms with E-state index >= 15 is 0 Å². The standard InChI is InChI=1S/C20H22N4OS2/c1-13-5-7-15(8-6-13)12-17-14(2)22-19(27-17)23-18(25)16-4-3-10-24(16)20-21-9-11-26-20/h5-9,11,16H,3-4,10,12H2,1-2H3,(H,22,23,25). The van der Waals surface area contributed by atoms with Gasteiger partial charge in [0, 0.05) is 29.4 Å². The Morgan fingerprint density at radius 1 is 1.30 bits per heavy atom. The number of carbonyl (C=O) groups excluding carboxylic acids is 1. The number of hydrogen-bond donors (Lipinski definition) is 1. The van der Waals surface area contributed by atoms with Gasteiger partial charge >= 0.3 is 0 Å². The summed E-state index contributed by atoms with van der Waals surface area (Å²) in [6.07, 6.45) is 4.49. The van der Waals surface area contributed by atoms with Crippen molar-refractivity contribution in [3.8, 4) is 0 Å². The molecule has 140 valence electrons. The van der Waals surface area contributed by atoms with Gasteiger partial charge in [-0.2, -0.15) is 0 Å². The van der Waals surface area contributed by atoms with Crippen LogP contribution in [0.2, 0.25) is 0 Å². The first kappa shape index (κ1) is 18.1. The molecule has 1 saturated heterocycles. The Kier molecular flexibility index (Phi) is 5.22. The van der Waals surface area contributed by atoms with Crippen molar-refractivity contribution in [2.75, 3.05) is 16.8 Å². The predicted molar refractivity (Wildman–Crippen MR) is 112 cm³/mol. The first-order chi connectivity index (χ1) is 13.1. The number of amides is 1. The maximum absolute atomic E-state index is 12.8. The molecule has 2 aromatic heterocycles. The molecule has 0 aliphatic carbocycles. The molecular weight excluding hydrogens is 376 g/mol. The van der Waals surface area contributed by atoms with Crippen LogP contribution in [0.15, 0.2) is 35.8 Å². The van der Waals surface area contributed by atoms with E-state index < -0.39 is 0 Å². The number of carbonyl (C=O) groups is 1. The van der Waals surface area contributed by atoms with Gasteiger partial charge in [-0.25, -0.2) is 9.97 Å². The average Bonchev–Trinajstić information content (AvgIpc) is 3.38. The van der Waals surface area contributed by atoms with Crippen molar-refractivity contribution in [3.63, 3.8) is 0 Å². The second-order valence-corrected chi connectivity index (χ2v) is 8.80. The van der Waals surface area contributed by atoms with Gasteiger partial charge < -0.3 is 10.2 Å². The molecule has 0 spiro atoms. The van der Waals surface area contributed by atoms with Gasteiger partial charge in [-0.3, -0.25) is 4.79 Å². The Labute approximate surface area is 167 Å². The molecule has 3 heterocycles. The van der Waals surface area contributed by atoms with E-state index in [1.807, 2.05) is 12.3 Å². The smallest absolute Gasteiger partial charge is 0.248 e. The van der Waals surface area contributed by atoms with Crippen molar-refractivity contribution in [2.24, 2.45) is 0 Å². The summed E-state index contributed by atoms with van der Waals surface area (Å²) in [5.74, 6) is 0.0123. The second kappa shape index (κ2) is 7.78. The minimum Gasteiger partial charge on any atom is -0.336 e. The fourth-order valence-electron chi connectivity index (χ4n) is 3.35. The van der Waals surface area contributed by atoms with E-state index in [2.05, 4.69) is 51.4 Å². The Balaban J connectivity index is 1.45. The summed E-state index contributed by atoms with van der Waals surface area (Å²) >= 11 is 3.15. The van der Waals surface area contributed by atoms with Gasteiger partial charge in [0.25, 0.3) is 0 Å². The summed E-state index contributed by atoms with van der Waals surface area (Å²) in [7, 11) is 0. The van der Waals surface area contributed by atoms with Crippen LogP contribution >= 0.6 is 22.7 Å². The van der Waals surface area contributed by atoms with Crippen LogP contribution in [-0.4, -0.2) is 28.5 Å². The molecule has 1 atom stereocenters. The molecule has 1 aliphatic heterocycles. The van der Waals surface area contributed by atoms with Gasteiger partial charge in [0.05, 0.1) is 5.69 Å². The Morgan fingerprint density at radius 2 is 2.11 bits per heavy atom. The molecule has 1 N–H and O–H groups in total. The number of thiazole rings is 2. The molecule has 5 nitrogen and oxygen atoms in total. The van der Waals surface area contributed by atoms with E-state index in [9.17, 15) is 4.79 Å². The molecule has 4 rings (SSSR count). The molecule has 1 aliphatic rings. The van der Waals surface area contributed by atoms with E-state index in [1.165, 1.54) is 16.0 Å². The first-order valence-corrected chi connectivity index (χ1v) is 10.8. The van der Waals surface area contributed by atoms with Crippen molar-refractivity contribution in [1.29, 1.82) is 0 Å². The Bertz CT molecular complexity index is 918. The Morgan fingerprint density at radius 3 is 2.85 bits per heavy atom. The third kappa shape index (κ3) is 4.04. The number of hydrogen-bond acceptors (Lipinski definition) is 6. The van der Waals surface area contributed by atoms with Gasteiger partial charge in [-0.1, -0.05) is 29.8 Å². The van der Waals surface area contributed by atoms with Crippen molar-refractivity contribution in [1.82, 2.24) is 9.97 Å². The highest BCUT2D eigenvalue weighted by atomic mass is 32.1. The number of benzene rings is 1. The largest absolute Gasteiger partial charge is 0.336 e. The van der Waals surface area contributed by atoms with E-state index in [4.69, 9.17) is 0 Å². The third-order valence-corrected chi connectivity index (χ3v) is 6.71. The number of rotatable bonds is 5. The van der Waals surface area contributed by atoms with E-state index in [0.717, 1.165) is 36.6 Å². The molecular formula is C20H22N4OS2. The lowest BCUT2D eigenvalue weighted by molar-refractivity contribution is -0.117. The molecule has 7 heteroatoms. The SMILES string of the molecule is Cc1ccc(Cc2sc(NC(=O)C3CCCN3c3nccs3)nc2C)cc1. The monoisotopic (exact) mass is 398 g/mol. The minimum atomic E-state index is -0.166. The maximum atomic E-state index is 12.8. The van der Waals surface area contributed by atoms with Crippen LogP contribution in [0.4, 0.5) is 10.3 Å². The quantitative estimate of drug-likeness (QED) is 0.691. The molecule has 27 heavy (non-hydrogen) atoms. The summed E-state index contributed by atoms with van der Waals surface area (Å²) in [5, 5.41) is 6.59. The number of nitrogens with one attached hydrogen (secondary N) is 1. The normalized spacial score (nSPS) is 16.7. The lowest BCUT2D eigenvalue weighted by atomic mass is 10.1. The third-order valence-electron chi connectivity index (χ3n) is 4.83. The van der Waals surface area contributed by atoms with Crippen LogP contribution in [0.25, 0.3) is 0 Å². The van der Waals surface area contributed by atoms with Crippen LogP contribution in [0.5, 0.6) is 0 Å². The molecule has 0 saturated carbocycles. The summed E-state index contributed by atoms with van der Waals surface area (Å²) in [5.41, 5.74) is 3.50. The van der Waals surface area contributed by atoms with Crippen molar-refractivity contribution >= 4 is 38.8 Å². The van der Waals surface area contributed by atoms with Crippen LogP contribution in [-0.2, 0) is 11.2 Å². The highest BCUT2D eigenvalue weighted by Crippen LogP contribution is 2.29. The minimum absolute atomic E-state index is 0.0123. The van der Waals surface area contributed by atoms with Gasteiger partial charge in [0.2, 0.25) is 5.91 Å². The highest BCUT2D eigenvalue weighted by Gasteiger charge is 2.32. The molecule has 1 amide bonds. The lowest BCUT2D eigenvalue weighted by Crippen LogP contribution is -2.39. The fourth-order valence-corrected chi connectivity index (χ4v) is 5.07. The van der Waals surface area contributed by atoms with Crippen LogP contribution < -0.4 is 10.2 Å². The maximum Gasteiger partial charge on any atom is 0.248 e. The fraction of sp³-hybridized carbons (Fsp3) is 0.350. The molecule has 1 unspecified atom stereocenters. The van der Waals surface area contributed by atoms with Crippen molar-refractivity contribution in [3.05, 3.63) is 57.5 Å². The summed E-state index contributed by atoms with van der Waals surface area (Å²) in [4.78, 5) is 25.1. The van der Waals surface area contributed by atoms with Gasteiger partial charge in [0.1, 0.15) is 6.04 Å². The van der Waals surface area contributed by atoms with Crippen LogP contribution in [0, 0.1) is 13.8 Å². The van der Waals surface area contributed by atoms with Crippen LogP contribution in [0.1, 0.15) is 34.5 Å². The van der Waals surface area contributed by atoms with Crippen molar-refractivity contribution < 1.29 is 4.79 Å². The van der Waals surface area contributed by atoms with Gasteiger partial charge in [0.15, 0.2) is 10.3 Å². The zero-order chi connectivity index (χ0) is 18.8. The summed E-state index contributed by atoms with van der Waals surface area (Å²) in [6.45, 7) is 4.97. The molecule has 0 radical (unpaired) electrons. The number of nitrogens with zero attached hydrogens (tertiary/aromatic N) is 3. The number of aryl methyl sites for hydroxylation is 2. The lowest BCUT2D eigenvalue weighted by Gasteiger charge is -2.22. The highest BCUT2D eigenvalue weighted by molar-refractivity contribution is 7.16. The van der Waals surface area contributed by atoms with E-state index in [0.29, 0.717) is 5.13 Å². The molecule has 0 bridgehead atoms. The number of aromatic nitrogens is 2. The van der Waals surface area contributed by atoms with Crippen LogP contribution in [0.3, 0.4) is 0 Å². The van der Waals surface area contributed by atoms with Gasteiger partial charge in [-0.15, -0.1) is 22.7 Å². The van der Waals surface area contributed by atoms with Gasteiger partial charge in [-0.05, 0) is 32.3 Å². The average molecular weight is 399 g/mol. The topological polar surface area (TPSA) is 58.1 Å². The first-order valence-electron chi connectivity index (χ1n) is 9.09.